The first-order valence-corrected chi connectivity index (χ1v) is 7.89. The van der Waals surface area contributed by atoms with E-state index in [1.165, 1.54) is 6.92 Å². The normalized spacial score (nSPS) is 10.8. The molecule has 0 aliphatic heterocycles. The van der Waals surface area contributed by atoms with E-state index in [-0.39, 0.29) is 12.0 Å². The van der Waals surface area contributed by atoms with Crippen LogP contribution in [0.4, 0.5) is 13.2 Å². The van der Waals surface area contributed by atoms with Crippen LogP contribution in [0, 0.1) is 17.5 Å². The van der Waals surface area contributed by atoms with Crippen molar-refractivity contribution in [2.24, 2.45) is 0 Å². The Balaban J connectivity index is 1.86. The van der Waals surface area contributed by atoms with Crippen LogP contribution >= 0.6 is 0 Å². The quantitative estimate of drug-likeness (QED) is 0.417. The van der Waals surface area contributed by atoms with Gasteiger partial charge < -0.3 is 14.5 Å². The van der Waals surface area contributed by atoms with Crippen molar-refractivity contribution in [3.8, 4) is 11.1 Å². The minimum Gasteiger partial charge on any atom is -0.428 e. The topological polar surface area (TPSA) is 68.4 Å². The number of hydrogen-bond donors (Lipinski definition) is 1. The molecule has 0 fully saturated rings. The minimum absolute atomic E-state index is 0.100. The number of benzene rings is 2. The molecule has 27 heavy (non-hydrogen) atoms. The molecule has 0 saturated carbocycles. The average molecular weight is 377 g/mol. The zero-order valence-corrected chi connectivity index (χ0v) is 14.1. The van der Waals surface area contributed by atoms with E-state index < -0.39 is 36.2 Å². The van der Waals surface area contributed by atoms with E-state index in [0.29, 0.717) is 22.0 Å². The van der Waals surface area contributed by atoms with Crippen molar-refractivity contribution in [3.63, 3.8) is 0 Å². The molecular formula is C19H14F3NO4. The molecule has 8 heteroatoms. The van der Waals surface area contributed by atoms with Crippen LogP contribution in [-0.4, -0.2) is 23.7 Å². The fraction of sp³-hybridized carbons (Fsp3) is 0.158. The zero-order valence-electron chi connectivity index (χ0n) is 14.1. The van der Waals surface area contributed by atoms with Crippen LogP contribution < -0.4 is 0 Å². The SMILES string of the molecule is CC(=O)OCOC(=O)Cc1c[nH]c2ccc(-c3cc(F)c(F)c(F)c3)cc12. The lowest BCUT2D eigenvalue weighted by atomic mass is 10.0. The third-order valence-electron chi connectivity index (χ3n) is 3.90. The summed E-state index contributed by atoms with van der Waals surface area (Å²) >= 11 is 0. The molecule has 0 radical (unpaired) electrons. The van der Waals surface area contributed by atoms with Crippen molar-refractivity contribution in [2.45, 2.75) is 13.3 Å². The minimum atomic E-state index is -1.53. The lowest BCUT2D eigenvalue weighted by Gasteiger charge is -2.06. The van der Waals surface area contributed by atoms with Crippen molar-refractivity contribution < 1.29 is 32.2 Å². The highest BCUT2D eigenvalue weighted by Crippen LogP contribution is 2.28. The van der Waals surface area contributed by atoms with Gasteiger partial charge in [-0.05, 0) is 41.0 Å². The number of H-pyrrole nitrogens is 1. The molecule has 5 nitrogen and oxygen atoms in total. The van der Waals surface area contributed by atoms with E-state index in [9.17, 15) is 22.8 Å². The van der Waals surface area contributed by atoms with Crippen molar-refractivity contribution in [1.29, 1.82) is 0 Å². The van der Waals surface area contributed by atoms with Crippen LogP contribution in [0.15, 0.2) is 36.5 Å². The summed E-state index contributed by atoms with van der Waals surface area (Å²) in [5.74, 6) is -5.28. The lowest BCUT2D eigenvalue weighted by molar-refractivity contribution is -0.165. The molecule has 3 aromatic rings. The van der Waals surface area contributed by atoms with E-state index in [0.717, 1.165) is 12.1 Å². The first kappa shape index (κ1) is 18.5. The highest BCUT2D eigenvalue weighted by atomic mass is 19.2. The van der Waals surface area contributed by atoms with E-state index in [2.05, 4.69) is 9.72 Å². The van der Waals surface area contributed by atoms with Gasteiger partial charge in [0.05, 0.1) is 6.42 Å². The number of fused-ring (bicyclic) bond motifs is 1. The Kier molecular flexibility index (Phi) is 5.16. The van der Waals surface area contributed by atoms with Crippen LogP contribution in [0.5, 0.6) is 0 Å². The maximum atomic E-state index is 13.5. The van der Waals surface area contributed by atoms with Gasteiger partial charge in [0.25, 0.3) is 0 Å². The van der Waals surface area contributed by atoms with Crippen LogP contribution in [0.1, 0.15) is 12.5 Å². The summed E-state index contributed by atoms with van der Waals surface area (Å²) in [6.45, 7) is 0.714. The third-order valence-corrected chi connectivity index (χ3v) is 3.90. The second kappa shape index (κ2) is 7.53. The smallest absolute Gasteiger partial charge is 0.313 e. The number of halogens is 3. The predicted octanol–water partition coefficient (Wildman–Crippen LogP) is 3.86. The number of esters is 2. The summed E-state index contributed by atoms with van der Waals surface area (Å²) in [7, 11) is 0. The molecule has 0 aliphatic rings. The number of aromatic nitrogens is 1. The van der Waals surface area contributed by atoms with Gasteiger partial charge in [-0.25, -0.2) is 13.2 Å². The Morgan fingerprint density at radius 2 is 1.70 bits per heavy atom. The fourth-order valence-corrected chi connectivity index (χ4v) is 2.61. The average Bonchev–Trinajstić information content (AvgIpc) is 3.01. The highest BCUT2D eigenvalue weighted by Gasteiger charge is 2.14. The molecular weight excluding hydrogens is 363 g/mol. The maximum absolute atomic E-state index is 13.5. The number of hydrogen-bond acceptors (Lipinski definition) is 4. The van der Waals surface area contributed by atoms with Gasteiger partial charge in [0.1, 0.15) is 0 Å². The lowest BCUT2D eigenvalue weighted by Crippen LogP contribution is -2.12. The van der Waals surface area contributed by atoms with Gasteiger partial charge in [-0.3, -0.25) is 9.59 Å². The Hall–Kier alpha value is -3.29. The molecule has 2 aromatic carbocycles. The van der Waals surface area contributed by atoms with Gasteiger partial charge in [-0.2, -0.15) is 0 Å². The summed E-state index contributed by atoms with van der Waals surface area (Å²) in [4.78, 5) is 25.5. The van der Waals surface area contributed by atoms with Crippen molar-refractivity contribution in [1.82, 2.24) is 4.98 Å². The Morgan fingerprint density at radius 3 is 2.37 bits per heavy atom. The third kappa shape index (κ3) is 4.11. The molecule has 0 bridgehead atoms. The molecule has 0 atom stereocenters. The number of carbonyl (C=O) groups is 2. The number of ether oxygens (including phenoxy) is 2. The van der Waals surface area contributed by atoms with Crippen LogP contribution in [0.25, 0.3) is 22.0 Å². The maximum Gasteiger partial charge on any atom is 0.313 e. The molecule has 140 valence electrons. The molecule has 1 heterocycles. The monoisotopic (exact) mass is 377 g/mol. The first-order valence-electron chi connectivity index (χ1n) is 7.89. The molecule has 1 aromatic heterocycles. The molecule has 1 N–H and O–H groups in total. The van der Waals surface area contributed by atoms with E-state index in [1.807, 2.05) is 0 Å². The molecule has 0 spiro atoms. The van der Waals surface area contributed by atoms with Crippen LogP contribution in [0.3, 0.4) is 0 Å². The van der Waals surface area contributed by atoms with Gasteiger partial charge in [0.15, 0.2) is 17.5 Å². The number of nitrogens with one attached hydrogen (secondary N) is 1. The number of aromatic amines is 1. The summed E-state index contributed by atoms with van der Waals surface area (Å²) < 4.78 is 49.5. The van der Waals surface area contributed by atoms with Crippen LogP contribution in [-0.2, 0) is 25.5 Å². The van der Waals surface area contributed by atoms with Crippen molar-refractivity contribution >= 4 is 22.8 Å². The van der Waals surface area contributed by atoms with E-state index in [4.69, 9.17) is 4.74 Å². The zero-order chi connectivity index (χ0) is 19.6. The number of carbonyl (C=O) groups excluding carboxylic acids is 2. The Bertz CT molecular complexity index is 1010. The Labute approximate surface area is 151 Å². The number of rotatable bonds is 5. The largest absolute Gasteiger partial charge is 0.428 e. The summed E-state index contributed by atoms with van der Waals surface area (Å²) in [6.07, 6.45) is 1.50. The molecule has 0 aliphatic carbocycles. The van der Waals surface area contributed by atoms with Crippen molar-refractivity contribution in [2.75, 3.05) is 6.79 Å². The van der Waals surface area contributed by atoms with Crippen LogP contribution in [0.2, 0.25) is 0 Å². The van der Waals surface area contributed by atoms with E-state index in [1.54, 1.807) is 24.4 Å². The second-order valence-electron chi connectivity index (χ2n) is 5.78. The summed E-state index contributed by atoms with van der Waals surface area (Å²) in [5.41, 5.74) is 1.90. The second-order valence-corrected chi connectivity index (χ2v) is 5.78. The van der Waals surface area contributed by atoms with E-state index >= 15 is 0 Å². The van der Waals surface area contributed by atoms with Gasteiger partial charge >= 0.3 is 11.9 Å². The summed E-state index contributed by atoms with van der Waals surface area (Å²) in [5, 5.41) is 0.641. The highest BCUT2D eigenvalue weighted by molar-refractivity contribution is 5.90. The van der Waals surface area contributed by atoms with Gasteiger partial charge in [0.2, 0.25) is 6.79 Å². The summed E-state index contributed by atoms with van der Waals surface area (Å²) in [6, 6.07) is 6.73. The predicted molar refractivity (Wildman–Crippen MR) is 90.0 cm³/mol. The molecule has 0 unspecified atom stereocenters. The van der Waals surface area contributed by atoms with Gasteiger partial charge in [-0.15, -0.1) is 0 Å². The molecule has 0 amide bonds. The van der Waals surface area contributed by atoms with Gasteiger partial charge in [-0.1, -0.05) is 6.07 Å². The van der Waals surface area contributed by atoms with Crippen molar-refractivity contribution in [3.05, 3.63) is 59.5 Å². The fourth-order valence-electron chi connectivity index (χ4n) is 2.61. The Morgan fingerprint density at radius 1 is 1.00 bits per heavy atom. The standard InChI is InChI=1S/C19H14F3NO4/c1-10(24)26-9-27-18(25)7-13-8-23-17-3-2-11(4-14(13)17)12-5-15(20)19(22)16(21)6-12/h2-6,8,23H,7,9H2,1H3. The first-order chi connectivity index (χ1) is 12.8. The van der Waals surface area contributed by atoms with Gasteiger partial charge in [0, 0.05) is 24.0 Å². The molecule has 0 saturated heterocycles. The molecule has 3 rings (SSSR count).